The first-order chi connectivity index (χ1) is 9.22. The molecule has 0 aromatic heterocycles. The molecule has 0 aliphatic heterocycles. The molecule has 0 radical (unpaired) electrons. The number of hydrogen-bond acceptors (Lipinski definition) is 0. The number of hydrogen-bond donors (Lipinski definition) is 0. The molecule has 0 aliphatic carbocycles. The summed E-state index contributed by atoms with van der Waals surface area (Å²) in [6.45, 7) is 12.8. The maximum absolute atomic E-state index is 5.75. The summed E-state index contributed by atoms with van der Waals surface area (Å²) in [5, 5.41) is 0.826. The molecular formula is C18H22ClI. The van der Waals surface area contributed by atoms with Crippen LogP contribution in [-0.2, 0) is 0 Å². The predicted octanol–water partition coefficient (Wildman–Crippen LogP) is 6.48. The average Bonchev–Trinajstić information content (AvgIpc) is 2.33. The topological polar surface area (TPSA) is 0 Å². The summed E-state index contributed by atoms with van der Waals surface area (Å²) in [4.78, 5) is 0. The number of benzene rings is 2. The SMILES string of the molecule is Cc1cc(C)cc(Cl)c1.Cc1cc(I)c(C)c(C)c1C. The van der Waals surface area contributed by atoms with Gasteiger partial charge in [-0.25, -0.2) is 0 Å². The molecule has 0 atom stereocenters. The Morgan fingerprint density at radius 2 is 1.20 bits per heavy atom. The minimum absolute atomic E-state index is 0.826. The normalized spacial score (nSPS) is 10.0. The predicted molar refractivity (Wildman–Crippen MR) is 99.0 cm³/mol. The largest absolute Gasteiger partial charge is 0.0843 e. The second-order valence-corrected chi connectivity index (χ2v) is 6.95. The van der Waals surface area contributed by atoms with E-state index in [1.54, 1.807) is 0 Å². The van der Waals surface area contributed by atoms with Gasteiger partial charge in [-0.1, -0.05) is 17.7 Å². The van der Waals surface area contributed by atoms with E-state index >= 15 is 0 Å². The number of rotatable bonds is 0. The molecule has 0 spiro atoms. The molecule has 2 aromatic carbocycles. The van der Waals surface area contributed by atoms with Crippen LogP contribution in [0.5, 0.6) is 0 Å². The fourth-order valence-electron chi connectivity index (χ4n) is 2.08. The molecule has 20 heavy (non-hydrogen) atoms. The van der Waals surface area contributed by atoms with E-state index in [1.807, 2.05) is 26.0 Å². The maximum atomic E-state index is 5.75. The van der Waals surface area contributed by atoms with Crippen LogP contribution < -0.4 is 0 Å². The van der Waals surface area contributed by atoms with Crippen LogP contribution in [0.4, 0.5) is 0 Å². The van der Waals surface area contributed by atoms with Crippen LogP contribution in [0, 0.1) is 45.1 Å². The molecule has 2 heteroatoms. The molecule has 2 aromatic rings. The lowest BCUT2D eigenvalue weighted by Crippen LogP contribution is -1.93. The highest BCUT2D eigenvalue weighted by molar-refractivity contribution is 14.1. The number of aryl methyl sites for hydroxylation is 3. The monoisotopic (exact) mass is 400 g/mol. The molecule has 0 amide bonds. The molecule has 2 rings (SSSR count). The van der Waals surface area contributed by atoms with Crippen LogP contribution in [0.2, 0.25) is 5.02 Å². The van der Waals surface area contributed by atoms with Crippen molar-refractivity contribution >= 4 is 34.2 Å². The highest BCUT2D eigenvalue weighted by Crippen LogP contribution is 2.21. The third-order valence-electron chi connectivity index (χ3n) is 3.60. The fourth-order valence-corrected chi connectivity index (χ4v) is 3.30. The van der Waals surface area contributed by atoms with Gasteiger partial charge >= 0.3 is 0 Å². The van der Waals surface area contributed by atoms with Crippen molar-refractivity contribution in [2.75, 3.05) is 0 Å². The molecule has 0 unspecified atom stereocenters. The summed E-state index contributed by atoms with van der Waals surface area (Å²) in [6, 6.07) is 8.26. The summed E-state index contributed by atoms with van der Waals surface area (Å²) in [5.41, 5.74) is 8.14. The molecular weight excluding hydrogens is 379 g/mol. The Morgan fingerprint density at radius 1 is 0.700 bits per heavy atom. The Hall–Kier alpha value is -0.540. The van der Waals surface area contributed by atoms with Crippen LogP contribution in [0.15, 0.2) is 24.3 Å². The van der Waals surface area contributed by atoms with Gasteiger partial charge in [0, 0.05) is 8.59 Å². The van der Waals surface area contributed by atoms with Crippen molar-refractivity contribution in [3.05, 3.63) is 66.2 Å². The Bertz CT molecular complexity index is 539. The fraction of sp³-hybridized carbons (Fsp3) is 0.333. The summed E-state index contributed by atoms with van der Waals surface area (Å²) >= 11 is 8.14. The average molecular weight is 401 g/mol. The van der Waals surface area contributed by atoms with Gasteiger partial charge in [0.25, 0.3) is 0 Å². The van der Waals surface area contributed by atoms with Gasteiger partial charge in [0.1, 0.15) is 0 Å². The van der Waals surface area contributed by atoms with E-state index in [4.69, 9.17) is 11.6 Å². The summed E-state index contributed by atoms with van der Waals surface area (Å²) in [7, 11) is 0. The molecule has 108 valence electrons. The highest BCUT2D eigenvalue weighted by Gasteiger charge is 2.03. The number of halogens is 2. The quantitative estimate of drug-likeness (QED) is 0.444. The standard InChI is InChI=1S/C10H13I.C8H9Cl/c1-6-5-10(11)9(4)8(3)7(6)2;1-6-3-7(2)5-8(9)4-6/h5H,1-4H3;3-5H,1-2H3. The first kappa shape index (κ1) is 17.5. The molecule has 0 heterocycles. The van der Waals surface area contributed by atoms with E-state index in [0.717, 1.165) is 5.02 Å². The molecule has 0 bridgehead atoms. The minimum Gasteiger partial charge on any atom is -0.0843 e. The van der Waals surface area contributed by atoms with Gasteiger partial charge in [-0.15, -0.1) is 0 Å². The van der Waals surface area contributed by atoms with Crippen LogP contribution in [0.25, 0.3) is 0 Å². The van der Waals surface area contributed by atoms with Gasteiger partial charge in [0.05, 0.1) is 0 Å². The van der Waals surface area contributed by atoms with Crippen molar-refractivity contribution < 1.29 is 0 Å². The highest BCUT2D eigenvalue weighted by atomic mass is 127. The minimum atomic E-state index is 0.826. The zero-order valence-corrected chi connectivity index (χ0v) is 16.0. The summed E-state index contributed by atoms with van der Waals surface area (Å²) in [6.07, 6.45) is 0. The molecule has 0 saturated carbocycles. The lowest BCUT2D eigenvalue weighted by molar-refractivity contribution is 1.20. The van der Waals surface area contributed by atoms with Crippen molar-refractivity contribution in [2.45, 2.75) is 41.5 Å². The van der Waals surface area contributed by atoms with Crippen molar-refractivity contribution in [3.8, 4) is 0 Å². The zero-order valence-electron chi connectivity index (χ0n) is 13.1. The van der Waals surface area contributed by atoms with Gasteiger partial charge in [-0.3, -0.25) is 0 Å². The maximum Gasteiger partial charge on any atom is 0.0411 e. The third kappa shape index (κ3) is 4.78. The Labute approximate surface area is 141 Å². The molecule has 0 aliphatic rings. The van der Waals surface area contributed by atoms with E-state index in [0.29, 0.717) is 0 Å². The molecule has 0 nitrogen and oxygen atoms in total. The van der Waals surface area contributed by atoms with Crippen molar-refractivity contribution in [3.63, 3.8) is 0 Å². The first-order valence-electron chi connectivity index (χ1n) is 6.69. The van der Waals surface area contributed by atoms with Gasteiger partial charge in [-0.2, -0.15) is 0 Å². The summed E-state index contributed by atoms with van der Waals surface area (Å²) < 4.78 is 1.38. The molecule has 0 N–H and O–H groups in total. The van der Waals surface area contributed by atoms with E-state index in [9.17, 15) is 0 Å². The Morgan fingerprint density at radius 3 is 1.65 bits per heavy atom. The van der Waals surface area contributed by atoms with Gasteiger partial charge in [0.2, 0.25) is 0 Å². The molecule has 0 saturated heterocycles. The van der Waals surface area contributed by atoms with Crippen LogP contribution in [-0.4, -0.2) is 0 Å². The lowest BCUT2D eigenvalue weighted by atomic mass is 10.0. The van der Waals surface area contributed by atoms with Gasteiger partial charge in [-0.05, 0) is 116 Å². The van der Waals surface area contributed by atoms with E-state index < -0.39 is 0 Å². The first-order valence-corrected chi connectivity index (χ1v) is 8.14. The zero-order chi connectivity index (χ0) is 15.4. The van der Waals surface area contributed by atoms with Crippen LogP contribution in [0.3, 0.4) is 0 Å². The molecule has 0 fully saturated rings. The van der Waals surface area contributed by atoms with E-state index in [1.165, 1.54) is 37.0 Å². The van der Waals surface area contributed by atoms with Crippen LogP contribution in [0.1, 0.15) is 33.4 Å². The third-order valence-corrected chi connectivity index (χ3v) is 4.94. The van der Waals surface area contributed by atoms with Crippen molar-refractivity contribution in [1.29, 1.82) is 0 Å². The summed E-state index contributed by atoms with van der Waals surface area (Å²) in [5.74, 6) is 0. The Kier molecular flexibility index (Phi) is 6.53. The van der Waals surface area contributed by atoms with E-state index in [2.05, 4.69) is 62.4 Å². The van der Waals surface area contributed by atoms with Gasteiger partial charge in [0.15, 0.2) is 0 Å². The second-order valence-electron chi connectivity index (χ2n) is 5.36. The lowest BCUT2D eigenvalue weighted by Gasteiger charge is -2.09. The smallest absolute Gasteiger partial charge is 0.0411 e. The van der Waals surface area contributed by atoms with Gasteiger partial charge < -0.3 is 0 Å². The van der Waals surface area contributed by atoms with Crippen molar-refractivity contribution in [2.24, 2.45) is 0 Å². The van der Waals surface area contributed by atoms with Crippen molar-refractivity contribution in [1.82, 2.24) is 0 Å². The van der Waals surface area contributed by atoms with Crippen LogP contribution >= 0.6 is 34.2 Å². The second kappa shape index (κ2) is 7.46. The Balaban J connectivity index is 0.000000204. The van der Waals surface area contributed by atoms with E-state index in [-0.39, 0.29) is 0 Å².